The number of carbonyl (C=O) groups is 1. The number of aromatic amines is 1. The molecule has 0 bridgehead atoms. The maximum absolute atomic E-state index is 12.9. The number of H-pyrrole nitrogens is 1. The molecule has 0 radical (unpaired) electrons. The van der Waals surface area contributed by atoms with Gasteiger partial charge in [-0.15, -0.1) is 11.3 Å². The van der Waals surface area contributed by atoms with Gasteiger partial charge in [0.25, 0.3) is 5.91 Å². The van der Waals surface area contributed by atoms with Crippen LogP contribution >= 0.6 is 27.3 Å². The Morgan fingerprint density at radius 2 is 2.21 bits per heavy atom. The van der Waals surface area contributed by atoms with Crippen LogP contribution in [-0.4, -0.2) is 30.4 Å². The Kier molecular flexibility index (Phi) is 4.28. The van der Waals surface area contributed by atoms with Crippen molar-refractivity contribution in [1.29, 1.82) is 0 Å². The van der Waals surface area contributed by atoms with Gasteiger partial charge in [-0.3, -0.25) is 4.79 Å². The highest BCUT2D eigenvalue weighted by atomic mass is 79.9. The molecule has 1 atom stereocenters. The standard InChI is InChI=1S/C19H17BrN6OS/c1-10-16(20)28-19(22-10)18(27)25-15(14-13-7-4-8-26(13)9-21-14)17-23-11-5-2-3-6-12(11)24-17/h2-3,5-6,9,15H,4,7-8H2,1H3,(H,23,24)(H,25,27). The fourth-order valence-electron chi connectivity index (χ4n) is 3.59. The number of nitrogens with zero attached hydrogens (tertiary/aromatic N) is 4. The highest BCUT2D eigenvalue weighted by molar-refractivity contribution is 9.11. The van der Waals surface area contributed by atoms with Crippen molar-refractivity contribution in [3.8, 4) is 0 Å². The quantitative estimate of drug-likeness (QED) is 0.489. The predicted molar refractivity (Wildman–Crippen MR) is 111 cm³/mol. The van der Waals surface area contributed by atoms with Crippen molar-refractivity contribution in [3.05, 3.63) is 62.3 Å². The van der Waals surface area contributed by atoms with Gasteiger partial charge in [-0.25, -0.2) is 15.0 Å². The molecule has 1 aliphatic rings. The molecule has 2 N–H and O–H groups in total. The first kappa shape index (κ1) is 17.6. The molecule has 4 heterocycles. The number of thiazole rings is 1. The molecule has 0 spiro atoms. The fraction of sp³-hybridized carbons (Fsp3) is 0.263. The van der Waals surface area contributed by atoms with Gasteiger partial charge < -0.3 is 14.9 Å². The molecule has 7 nitrogen and oxygen atoms in total. The van der Waals surface area contributed by atoms with E-state index >= 15 is 0 Å². The number of imidazole rings is 2. The van der Waals surface area contributed by atoms with Gasteiger partial charge in [0, 0.05) is 12.2 Å². The number of hydrogen-bond donors (Lipinski definition) is 2. The topological polar surface area (TPSA) is 88.5 Å². The van der Waals surface area contributed by atoms with Crippen LogP contribution in [0.1, 0.15) is 45.2 Å². The van der Waals surface area contributed by atoms with E-state index in [4.69, 9.17) is 4.98 Å². The van der Waals surface area contributed by atoms with Crippen molar-refractivity contribution < 1.29 is 4.79 Å². The smallest absolute Gasteiger partial charge is 0.281 e. The number of aromatic nitrogens is 5. The van der Waals surface area contributed by atoms with Crippen LogP contribution in [0, 0.1) is 6.92 Å². The summed E-state index contributed by atoms with van der Waals surface area (Å²) in [6.07, 6.45) is 3.89. The van der Waals surface area contributed by atoms with Gasteiger partial charge in [0.15, 0.2) is 5.01 Å². The number of fused-ring (bicyclic) bond motifs is 2. The number of aryl methyl sites for hydroxylation is 2. The molecule has 28 heavy (non-hydrogen) atoms. The second-order valence-electron chi connectivity index (χ2n) is 6.80. The first-order valence-corrected chi connectivity index (χ1v) is 10.6. The second kappa shape index (κ2) is 6.82. The van der Waals surface area contributed by atoms with E-state index in [0.717, 1.165) is 51.3 Å². The van der Waals surface area contributed by atoms with Crippen LogP contribution in [0.15, 0.2) is 34.4 Å². The van der Waals surface area contributed by atoms with Crippen LogP contribution in [0.4, 0.5) is 0 Å². The maximum Gasteiger partial charge on any atom is 0.281 e. The lowest BCUT2D eigenvalue weighted by atomic mass is 10.1. The zero-order valence-corrected chi connectivity index (χ0v) is 17.5. The minimum absolute atomic E-state index is 0.232. The Labute approximate surface area is 173 Å². The summed E-state index contributed by atoms with van der Waals surface area (Å²) in [4.78, 5) is 30.0. The van der Waals surface area contributed by atoms with Gasteiger partial charge in [-0.1, -0.05) is 12.1 Å². The van der Waals surface area contributed by atoms with Gasteiger partial charge in [0.05, 0.1) is 32.5 Å². The van der Waals surface area contributed by atoms with E-state index in [-0.39, 0.29) is 5.91 Å². The minimum atomic E-state index is -0.461. The summed E-state index contributed by atoms with van der Waals surface area (Å²) in [5, 5.41) is 3.52. The molecule has 0 fully saturated rings. The predicted octanol–water partition coefficient (Wildman–Crippen LogP) is 3.75. The highest BCUT2D eigenvalue weighted by Crippen LogP contribution is 2.29. The third-order valence-corrected chi connectivity index (χ3v) is 6.96. The van der Waals surface area contributed by atoms with Gasteiger partial charge in [-0.05, 0) is 47.8 Å². The van der Waals surface area contributed by atoms with E-state index in [1.54, 1.807) is 0 Å². The SMILES string of the molecule is Cc1nc(C(=O)NC(c2nc3ccccc3[nH]2)c2ncn3c2CCC3)sc1Br. The number of para-hydroxylation sites is 2. The molecule has 0 saturated heterocycles. The largest absolute Gasteiger partial charge is 0.340 e. The Hall–Kier alpha value is -2.52. The van der Waals surface area contributed by atoms with Crippen LogP contribution in [0.2, 0.25) is 0 Å². The van der Waals surface area contributed by atoms with E-state index in [1.807, 2.05) is 37.5 Å². The number of nitrogens with one attached hydrogen (secondary N) is 2. The summed E-state index contributed by atoms with van der Waals surface area (Å²) in [6.45, 7) is 2.83. The monoisotopic (exact) mass is 456 g/mol. The van der Waals surface area contributed by atoms with Crippen molar-refractivity contribution in [2.24, 2.45) is 0 Å². The molecule has 1 unspecified atom stereocenters. The van der Waals surface area contributed by atoms with Gasteiger partial charge in [0.2, 0.25) is 0 Å². The van der Waals surface area contributed by atoms with Crippen molar-refractivity contribution in [1.82, 2.24) is 29.8 Å². The minimum Gasteiger partial charge on any atom is -0.340 e. The summed E-state index contributed by atoms with van der Waals surface area (Å²) in [7, 11) is 0. The van der Waals surface area contributed by atoms with E-state index < -0.39 is 6.04 Å². The summed E-state index contributed by atoms with van der Waals surface area (Å²) >= 11 is 4.76. The summed E-state index contributed by atoms with van der Waals surface area (Å²) < 4.78 is 3.02. The van der Waals surface area contributed by atoms with Gasteiger partial charge in [-0.2, -0.15) is 0 Å². The maximum atomic E-state index is 12.9. The normalized spacial score (nSPS) is 14.4. The summed E-state index contributed by atoms with van der Waals surface area (Å²) in [5.41, 5.74) is 4.60. The lowest BCUT2D eigenvalue weighted by molar-refractivity contribution is 0.0940. The molecule has 3 aromatic heterocycles. The zero-order valence-electron chi connectivity index (χ0n) is 15.1. The molecule has 1 aliphatic heterocycles. The molecular weight excluding hydrogens is 440 g/mol. The van der Waals surface area contributed by atoms with E-state index in [9.17, 15) is 4.79 Å². The number of hydrogen-bond acceptors (Lipinski definition) is 5. The van der Waals surface area contributed by atoms with Gasteiger partial charge in [0.1, 0.15) is 11.9 Å². The van der Waals surface area contributed by atoms with Crippen LogP contribution in [0.5, 0.6) is 0 Å². The zero-order chi connectivity index (χ0) is 19.3. The van der Waals surface area contributed by atoms with E-state index in [2.05, 4.69) is 40.8 Å². The first-order valence-electron chi connectivity index (χ1n) is 9.02. The average Bonchev–Trinajstić information content (AvgIpc) is 3.43. The molecule has 0 aliphatic carbocycles. The average molecular weight is 457 g/mol. The lowest BCUT2D eigenvalue weighted by Gasteiger charge is -2.15. The molecule has 1 aromatic carbocycles. The summed E-state index contributed by atoms with van der Waals surface area (Å²) in [6, 6.07) is 7.38. The number of halogens is 1. The third-order valence-electron chi connectivity index (χ3n) is 4.96. The fourth-order valence-corrected chi connectivity index (χ4v) is 4.83. The van der Waals surface area contributed by atoms with Gasteiger partial charge >= 0.3 is 0 Å². The molecule has 4 aromatic rings. The van der Waals surface area contributed by atoms with Crippen molar-refractivity contribution in [3.63, 3.8) is 0 Å². The molecule has 0 saturated carbocycles. The molecule has 5 rings (SSSR count). The second-order valence-corrected chi connectivity index (χ2v) is 9.11. The summed E-state index contributed by atoms with van der Waals surface area (Å²) in [5.74, 6) is 0.444. The van der Waals surface area contributed by atoms with E-state index in [0.29, 0.717) is 10.8 Å². The Balaban J connectivity index is 1.57. The number of rotatable bonds is 4. The Bertz CT molecular complexity index is 1140. The first-order chi connectivity index (χ1) is 13.6. The molecule has 142 valence electrons. The number of carbonyl (C=O) groups excluding carboxylic acids is 1. The number of amides is 1. The van der Waals surface area contributed by atoms with Crippen LogP contribution < -0.4 is 5.32 Å². The van der Waals surface area contributed by atoms with Crippen LogP contribution in [0.25, 0.3) is 11.0 Å². The molecular formula is C19H17BrN6OS. The molecule has 1 amide bonds. The lowest BCUT2D eigenvalue weighted by Crippen LogP contribution is -2.31. The van der Waals surface area contributed by atoms with Crippen molar-refractivity contribution in [2.75, 3.05) is 0 Å². The Morgan fingerprint density at radius 3 is 3.00 bits per heavy atom. The molecule has 9 heteroatoms. The van der Waals surface area contributed by atoms with Crippen molar-refractivity contribution >= 4 is 44.2 Å². The van der Waals surface area contributed by atoms with Crippen LogP contribution in [0.3, 0.4) is 0 Å². The van der Waals surface area contributed by atoms with Crippen molar-refractivity contribution in [2.45, 2.75) is 32.4 Å². The number of benzene rings is 1. The highest BCUT2D eigenvalue weighted by Gasteiger charge is 2.29. The Morgan fingerprint density at radius 1 is 1.36 bits per heavy atom. The third kappa shape index (κ3) is 2.94. The van der Waals surface area contributed by atoms with Crippen LogP contribution in [-0.2, 0) is 13.0 Å². The van der Waals surface area contributed by atoms with E-state index in [1.165, 1.54) is 11.3 Å².